The molecule has 0 aromatic heterocycles. The molecular weight excluding hydrogens is 266 g/mol. The third kappa shape index (κ3) is 5.07. The van der Waals surface area contributed by atoms with Gasteiger partial charge in [0, 0.05) is 18.0 Å². The van der Waals surface area contributed by atoms with Crippen molar-refractivity contribution in [1.29, 1.82) is 0 Å². The van der Waals surface area contributed by atoms with Gasteiger partial charge in [0.05, 0.1) is 11.9 Å². The highest BCUT2D eigenvalue weighted by Crippen LogP contribution is 2.12. The highest BCUT2D eigenvalue weighted by atomic mass is 16.4. The van der Waals surface area contributed by atoms with Gasteiger partial charge in [-0.1, -0.05) is 30.3 Å². The van der Waals surface area contributed by atoms with Gasteiger partial charge in [-0.3, -0.25) is 0 Å². The van der Waals surface area contributed by atoms with E-state index in [4.69, 9.17) is 0 Å². The van der Waals surface area contributed by atoms with Gasteiger partial charge in [0.25, 0.3) is 0 Å². The average Bonchev–Trinajstić information content (AvgIpc) is 2.35. The van der Waals surface area contributed by atoms with Crippen molar-refractivity contribution in [3.05, 3.63) is 35.9 Å². The predicted molar refractivity (Wildman–Crippen MR) is 59.5 cm³/mol. The maximum atomic E-state index is 10.8. The Kier molecular flexibility index (Phi) is 5.67. The molecule has 0 saturated carbocycles. The van der Waals surface area contributed by atoms with Gasteiger partial charge in [0.15, 0.2) is 0 Å². The van der Waals surface area contributed by atoms with Gasteiger partial charge in [-0.2, -0.15) is 0 Å². The van der Waals surface area contributed by atoms with E-state index in [0.29, 0.717) is 5.56 Å². The normalized spacial score (nSPS) is 12.1. The Morgan fingerprint density at radius 1 is 0.900 bits per heavy atom. The van der Waals surface area contributed by atoms with Crippen LogP contribution < -0.4 is 20.2 Å². The minimum atomic E-state index is -1.47. The summed E-state index contributed by atoms with van der Waals surface area (Å²) in [5, 5.41) is 32.2. The molecule has 0 radical (unpaired) electrons. The van der Waals surface area contributed by atoms with E-state index < -0.39 is 43.5 Å². The Hall–Kier alpha value is -2.41. The predicted octanol–water partition coefficient (Wildman–Crippen LogP) is -4.75. The monoisotopic (exact) mass is 279 g/mol. The molecule has 7 nitrogen and oxygen atoms in total. The first-order valence-corrected chi connectivity index (χ1v) is 5.89. The summed E-state index contributed by atoms with van der Waals surface area (Å²) in [7, 11) is 0. The van der Waals surface area contributed by atoms with Crippen LogP contribution in [-0.2, 0) is 14.4 Å². The molecule has 1 rings (SSSR count). The van der Waals surface area contributed by atoms with Gasteiger partial charge >= 0.3 is 0 Å². The molecule has 0 amide bonds. The molecule has 0 saturated heterocycles. The highest BCUT2D eigenvalue weighted by molar-refractivity contribution is 5.68. The van der Waals surface area contributed by atoms with Crippen LogP contribution in [0.1, 0.15) is 18.0 Å². The lowest BCUT2D eigenvalue weighted by Gasteiger charge is -2.30. The molecule has 1 aromatic carbocycles. The maximum absolute atomic E-state index is 10.8. The molecule has 1 atom stereocenters. The maximum Gasteiger partial charge on any atom is 0.119 e. The molecule has 0 bridgehead atoms. The summed E-state index contributed by atoms with van der Waals surface area (Å²) in [6.07, 6.45) is -0.500. The summed E-state index contributed by atoms with van der Waals surface area (Å²) in [5.41, 5.74) is 0.509. The van der Waals surface area contributed by atoms with Gasteiger partial charge in [0.1, 0.15) is 19.1 Å². The van der Waals surface area contributed by atoms with Gasteiger partial charge in [-0.25, -0.2) is 0 Å². The zero-order chi connectivity index (χ0) is 15.1. The molecule has 0 aliphatic heterocycles. The standard InChI is InChI=1S/C13H15NO6/c15-11(16)6-10(9-4-2-1-3-5-9)14(7-12(17)18)8-13(19)20/h1-5,10H,6-8H2,(H,15,16)(H,17,18)(H,19,20)/p-2/t10-/m0/s1. The first-order valence-electron chi connectivity index (χ1n) is 5.89. The van der Waals surface area contributed by atoms with Gasteiger partial charge in [0.2, 0.25) is 0 Å². The van der Waals surface area contributed by atoms with Crippen molar-refractivity contribution < 1.29 is 34.6 Å². The minimum absolute atomic E-state index is 0.0143. The molecule has 20 heavy (non-hydrogen) atoms. The van der Waals surface area contributed by atoms with Crippen LogP contribution in [0.15, 0.2) is 30.3 Å². The van der Waals surface area contributed by atoms with Crippen LogP contribution in [-0.4, -0.2) is 31.0 Å². The summed E-state index contributed by atoms with van der Waals surface area (Å²) < 4.78 is 0. The number of carboxylic acid groups (broad SMARTS) is 3. The number of rotatable bonds is 8. The van der Waals surface area contributed by atoms with E-state index in [2.05, 4.69) is 0 Å². The van der Waals surface area contributed by atoms with Crippen molar-refractivity contribution in [2.75, 3.05) is 13.1 Å². The lowest BCUT2D eigenvalue weighted by atomic mass is 10.0. The summed E-state index contributed by atoms with van der Waals surface area (Å²) in [5.74, 6) is -4.34. The largest absolute Gasteiger partial charge is 0.550 e. The fourth-order valence-corrected chi connectivity index (χ4v) is 2.03. The number of quaternary nitrogens is 1. The van der Waals surface area contributed by atoms with Crippen molar-refractivity contribution in [2.45, 2.75) is 12.5 Å². The van der Waals surface area contributed by atoms with Crippen LogP contribution in [0.3, 0.4) is 0 Å². The van der Waals surface area contributed by atoms with Gasteiger partial charge in [-0.05, 0) is 0 Å². The Morgan fingerprint density at radius 3 is 1.80 bits per heavy atom. The van der Waals surface area contributed by atoms with E-state index in [1.807, 2.05) is 0 Å². The minimum Gasteiger partial charge on any atom is -0.550 e. The number of hydrogen-bond acceptors (Lipinski definition) is 6. The van der Waals surface area contributed by atoms with E-state index in [9.17, 15) is 29.7 Å². The van der Waals surface area contributed by atoms with Crippen LogP contribution in [0.5, 0.6) is 0 Å². The Bertz CT molecular complexity index is 471. The lowest BCUT2D eigenvalue weighted by molar-refractivity contribution is -0.920. The van der Waals surface area contributed by atoms with Gasteiger partial charge in [-0.15, -0.1) is 0 Å². The molecule has 0 spiro atoms. The van der Waals surface area contributed by atoms with Crippen LogP contribution in [0, 0.1) is 0 Å². The Morgan fingerprint density at radius 2 is 1.40 bits per heavy atom. The van der Waals surface area contributed by atoms with E-state index in [0.717, 1.165) is 0 Å². The quantitative estimate of drug-likeness (QED) is 0.509. The summed E-state index contributed by atoms with van der Waals surface area (Å²) in [4.78, 5) is 32.2. The molecule has 1 N–H and O–H groups in total. The first-order chi connectivity index (χ1) is 9.40. The number of nitrogens with one attached hydrogen (secondary N) is 1. The Balaban J connectivity index is 3.06. The van der Waals surface area contributed by atoms with Crippen molar-refractivity contribution in [2.24, 2.45) is 0 Å². The van der Waals surface area contributed by atoms with Crippen molar-refractivity contribution >= 4 is 17.9 Å². The topological polar surface area (TPSA) is 125 Å². The second-order valence-electron chi connectivity index (χ2n) is 4.30. The van der Waals surface area contributed by atoms with Gasteiger partial charge < -0.3 is 34.6 Å². The van der Waals surface area contributed by atoms with E-state index >= 15 is 0 Å². The average molecular weight is 279 g/mol. The highest BCUT2D eigenvalue weighted by Gasteiger charge is 2.24. The summed E-state index contributed by atoms with van der Waals surface area (Å²) >= 11 is 0. The number of aliphatic carboxylic acids is 3. The van der Waals surface area contributed by atoms with E-state index in [-0.39, 0.29) is 4.90 Å². The molecule has 0 aliphatic rings. The number of carboxylic acids is 3. The third-order valence-electron chi connectivity index (χ3n) is 2.81. The van der Waals surface area contributed by atoms with E-state index in [1.165, 1.54) is 0 Å². The molecule has 0 unspecified atom stereocenters. The second kappa shape index (κ2) is 7.25. The molecular formula is C13H13NO6-2. The number of benzene rings is 1. The third-order valence-corrected chi connectivity index (χ3v) is 2.81. The summed E-state index contributed by atoms with van der Waals surface area (Å²) in [6.45, 7) is -1.28. The van der Waals surface area contributed by atoms with Crippen LogP contribution in [0.2, 0.25) is 0 Å². The number of carbonyl (C=O) groups is 3. The molecule has 0 aliphatic carbocycles. The fourth-order valence-electron chi connectivity index (χ4n) is 2.03. The fraction of sp³-hybridized carbons (Fsp3) is 0.308. The zero-order valence-corrected chi connectivity index (χ0v) is 10.5. The van der Waals surface area contributed by atoms with E-state index in [1.54, 1.807) is 30.3 Å². The molecule has 0 heterocycles. The smallest absolute Gasteiger partial charge is 0.119 e. The first kappa shape index (κ1) is 15.6. The number of hydrogen-bond donors (Lipinski definition) is 1. The number of carbonyl (C=O) groups excluding carboxylic acids is 3. The van der Waals surface area contributed by atoms with Crippen molar-refractivity contribution in [1.82, 2.24) is 0 Å². The summed E-state index contributed by atoms with van der Waals surface area (Å²) in [6, 6.07) is 7.32. The molecule has 1 aromatic rings. The lowest BCUT2D eigenvalue weighted by Crippen LogP contribution is -3.15. The zero-order valence-electron chi connectivity index (χ0n) is 10.5. The molecule has 0 fully saturated rings. The molecule has 7 heteroatoms. The SMILES string of the molecule is O=C([O-])C[C@@H](c1ccccc1)[NH+](CC(=O)[O-])CC(=O)[O-]. The van der Waals surface area contributed by atoms with Crippen LogP contribution in [0.4, 0.5) is 0 Å². The van der Waals surface area contributed by atoms with Crippen LogP contribution >= 0.6 is 0 Å². The van der Waals surface area contributed by atoms with Crippen molar-refractivity contribution in [3.8, 4) is 0 Å². The van der Waals surface area contributed by atoms with Crippen LogP contribution in [0.25, 0.3) is 0 Å². The molecule has 108 valence electrons. The Labute approximate surface area is 115 Å². The second-order valence-corrected chi connectivity index (χ2v) is 4.30. The van der Waals surface area contributed by atoms with Crippen molar-refractivity contribution in [3.63, 3.8) is 0 Å².